The Balaban J connectivity index is 1.10. The van der Waals surface area contributed by atoms with E-state index >= 15 is 0 Å². The summed E-state index contributed by atoms with van der Waals surface area (Å²) in [5.41, 5.74) is 16.6. The van der Waals surface area contributed by atoms with Gasteiger partial charge in [0.2, 0.25) is 0 Å². The molecule has 0 radical (unpaired) electrons. The van der Waals surface area contributed by atoms with Crippen molar-refractivity contribution in [1.29, 1.82) is 0 Å². The van der Waals surface area contributed by atoms with Crippen molar-refractivity contribution < 1.29 is 0 Å². The maximum atomic E-state index is 2.40. The summed E-state index contributed by atoms with van der Waals surface area (Å²) in [4.78, 5) is 0. The number of hydrogen-bond donors (Lipinski definition) is 0. The number of aromatic nitrogens is 1. The average Bonchev–Trinajstić information content (AvgIpc) is 3.57. The summed E-state index contributed by atoms with van der Waals surface area (Å²) >= 11 is 0. The lowest BCUT2D eigenvalue weighted by Crippen LogP contribution is -2.14. The number of para-hydroxylation sites is 1. The minimum Gasteiger partial charge on any atom is -0.309 e. The number of fused-ring (bicyclic) bond motifs is 6. The second-order valence-electron chi connectivity index (χ2n) is 13.0. The van der Waals surface area contributed by atoms with Crippen LogP contribution in [0.4, 0.5) is 0 Å². The minimum atomic E-state index is 0.0169. The first-order chi connectivity index (χ1) is 22.6. The monoisotopic (exact) mass is 587 g/mol. The highest BCUT2D eigenvalue weighted by atomic mass is 15.0. The summed E-state index contributed by atoms with van der Waals surface area (Å²) in [5, 5.41) is 2.54. The molecule has 7 aromatic carbocycles. The molecule has 1 aromatic heterocycles. The molecule has 0 fully saturated rings. The first kappa shape index (κ1) is 26.7. The van der Waals surface area contributed by atoms with E-state index in [9.17, 15) is 0 Å². The Morgan fingerprint density at radius 2 is 0.891 bits per heavy atom. The van der Waals surface area contributed by atoms with Gasteiger partial charge in [0, 0.05) is 21.9 Å². The van der Waals surface area contributed by atoms with Gasteiger partial charge in [0.05, 0.1) is 11.0 Å². The molecule has 0 saturated carbocycles. The predicted octanol–water partition coefficient (Wildman–Crippen LogP) is 12.1. The zero-order valence-corrected chi connectivity index (χ0v) is 26.0. The number of nitrogens with zero attached hydrogens (tertiary/aromatic N) is 1. The van der Waals surface area contributed by atoms with Crippen LogP contribution in [0.1, 0.15) is 25.0 Å². The van der Waals surface area contributed by atoms with Crippen LogP contribution in [0.25, 0.3) is 72.0 Å². The predicted molar refractivity (Wildman–Crippen MR) is 195 cm³/mol. The summed E-state index contributed by atoms with van der Waals surface area (Å²) in [7, 11) is 0. The lowest BCUT2D eigenvalue weighted by Gasteiger charge is -2.21. The van der Waals surface area contributed by atoms with Crippen LogP contribution in [-0.2, 0) is 5.41 Å². The quantitative estimate of drug-likeness (QED) is 0.193. The summed E-state index contributed by atoms with van der Waals surface area (Å²) in [6.07, 6.45) is 0. The molecular weight excluding hydrogens is 555 g/mol. The SMILES string of the molecule is CC1(C)c2ccccc2-c2cc(-c3ccc4c(c3)c3ccccc3n4-c3ccc(-c4ccc(-c5ccccc5)cc4)cc3)ccc21. The van der Waals surface area contributed by atoms with Gasteiger partial charge in [-0.15, -0.1) is 0 Å². The fraction of sp³-hybridized carbons (Fsp3) is 0.0667. The van der Waals surface area contributed by atoms with Crippen molar-refractivity contribution >= 4 is 21.8 Å². The van der Waals surface area contributed by atoms with Gasteiger partial charge in [0.15, 0.2) is 0 Å². The normalized spacial score (nSPS) is 13.2. The van der Waals surface area contributed by atoms with Gasteiger partial charge in [-0.3, -0.25) is 0 Å². The molecule has 8 aromatic rings. The van der Waals surface area contributed by atoms with Gasteiger partial charge in [0.1, 0.15) is 0 Å². The highest BCUT2D eigenvalue weighted by Gasteiger charge is 2.35. The summed E-state index contributed by atoms with van der Waals surface area (Å²) in [6.45, 7) is 4.68. The van der Waals surface area contributed by atoms with Gasteiger partial charge in [-0.05, 0) is 92.0 Å². The van der Waals surface area contributed by atoms with Gasteiger partial charge in [-0.1, -0.05) is 141 Å². The van der Waals surface area contributed by atoms with Gasteiger partial charge < -0.3 is 4.57 Å². The maximum Gasteiger partial charge on any atom is 0.0541 e. The van der Waals surface area contributed by atoms with Crippen molar-refractivity contribution in [2.75, 3.05) is 0 Å². The van der Waals surface area contributed by atoms with Gasteiger partial charge in [-0.2, -0.15) is 0 Å². The van der Waals surface area contributed by atoms with Crippen LogP contribution in [0.5, 0.6) is 0 Å². The van der Waals surface area contributed by atoms with Crippen LogP contribution in [0.3, 0.4) is 0 Å². The van der Waals surface area contributed by atoms with Gasteiger partial charge in [0.25, 0.3) is 0 Å². The Bertz CT molecular complexity index is 2410. The molecule has 9 rings (SSSR count). The Hall–Kier alpha value is -5.66. The van der Waals surface area contributed by atoms with Crippen molar-refractivity contribution in [1.82, 2.24) is 4.57 Å². The molecular formula is C45H33N. The van der Waals surface area contributed by atoms with Crippen molar-refractivity contribution in [3.05, 3.63) is 175 Å². The smallest absolute Gasteiger partial charge is 0.0541 e. The molecule has 1 nitrogen and oxygen atoms in total. The topological polar surface area (TPSA) is 4.93 Å². The number of hydrogen-bond acceptors (Lipinski definition) is 0. The van der Waals surface area contributed by atoms with E-state index in [0.717, 1.165) is 0 Å². The van der Waals surface area contributed by atoms with Crippen LogP contribution in [0.2, 0.25) is 0 Å². The summed E-state index contributed by atoms with van der Waals surface area (Å²) in [6, 6.07) is 60.1. The Kier molecular flexibility index (Phi) is 5.92. The molecule has 218 valence electrons. The lowest BCUT2D eigenvalue weighted by atomic mass is 9.82. The molecule has 1 heteroatoms. The standard InChI is InChI=1S/C45H33N/c1-45(2)41-14-8-6-12-37(41)39-28-34(22-26-42(39)45)35-23-27-44-40(29-35)38-13-7-9-15-43(38)46(44)36-24-20-33(21-25-36)32-18-16-31(17-19-32)30-10-4-3-5-11-30/h3-29H,1-2H3. The highest BCUT2D eigenvalue weighted by molar-refractivity contribution is 6.10. The largest absolute Gasteiger partial charge is 0.309 e. The minimum absolute atomic E-state index is 0.0169. The Labute approximate surface area is 270 Å². The Morgan fingerprint density at radius 1 is 0.370 bits per heavy atom. The van der Waals surface area contributed by atoms with Crippen molar-refractivity contribution in [3.8, 4) is 50.2 Å². The van der Waals surface area contributed by atoms with Crippen LogP contribution < -0.4 is 0 Å². The zero-order valence-electron chi connectivity index (χ0n) is 26.0. The average molecular weight is 588 g/mol. The van der Waals surface area contributed by atoms with E-state index in [0.29, 0.717) is 0 Å². The fourth-order valence-electron chi connectivity index (χ4n) is 7.62. The molecule has 0 spiro atoms. The van der Waals surface area contributed by atoms with E-state index in [1.807, 2.05) is 0 Å². The molecule has 0 aliphatic heterocycles. The maximum absolute atomic E-state index is 2.40. The third kappa shape index (κ3) is 4.09. The van der Waals surface area contributed by atoms with Gasteiger partial charge in [-0.25, -0.2) is 0 Å². The van der Waals surface area contributed by atoms with Crippen molar-refractivity contribution in [2.45, 2.75) is 19.3 Å². The van der Waals surface area contributed by atoms with E-state index in [1.165, 1.54) is 83.1 Å². The fourth-order valence-corrected chi connectivity index (χ4v) is 7.62. The molecule has 1 aliphatic rings. The lowest BCUT2D eigenvalue weighted by molar-refractivity contribution is 0.660. The van der Waals surface area contributed by atoms with E-state index in [-0.39, 0.29) is 5.41 Å². The van der Waals surface area contributed by atoms with Crippen LogP contribution >= 0.6 is 0 Å². The third-order valence-corrected chi connectivity index (χ3v) is 10.0. The first-order valence-electron chi connectivity index (χ1n) is 16.1. The number of benzene rings is 7. The van der Waals surface area contributed by atoms with Crippen molar-refractivity contribution in [2.24, 2.45) is 0 Å². The van der Waals surface area contributed by atoms with Crippen LogP contribution in [-0.4, -0.2) is 4.57 Å². The van der Waals surface area contributed by atoms with E-state index in [1.54, 1.807) is 0 Å². The summed E-state index contributed by atoms with van der Waals surface area (Å²) < 4.78 is 2.40. The molecule has 1 aliphatic carbocycles. The van der Waals surface area contributed by atoms with Crippen LogP contribution in [0, 0.1) is 0 Å². The second-order valence-corrected chi connectivity index (χ2v) is 13.0. The van der Waals surface area contributed by atoms with E-state index < -0.39 is 0 Å². The first-order valence-corrected chi connectivity index (χ1v) is 16.1. The molecule has 0 bridgehead atoms. The molecule has 46 heavy (non-hydrogen) atoms. The molecule has 0 atom stereocenters. The van der Waals surface area contributed by atoms with Gasteiger partial charge >= 0.3 is 0 Å². The highest BCUT2D eigenvalue weighted by Crippen LogP contribution is 2.49. The van der Waals surface area contributed by atoms with E-state index in [2.05, 4.69) is 182 Å². The molecule has 0 saturated heterocycles. The van der Waals surface area contributed by atoms with E-state index in [4.69, 9.17) is 0 Å². The molecule has 0 N–H and O–H groups in total. The molecule has 0 amide bonds. The van der Waals surface area contributed by atoms with Crippen LogP contribution in [0.15, 0.2) is 164 Å². The zero-order chi connectivity index (χ0) is 30.8. The number of rotatable bonds is 4. The molecule has 0 unspecified atom stereocenters. The summed E-state index contributed by atoms with van der Waals surface area (Å²) in [5.74, 6) is 0. The third-order valence-electron chi connectivity index (χ3n) is 10.0. The second kappa shape index (κ2) is 10.2. The Morgan fingerprint density at radius 3 is 1.65 bits per heavy atom. The van der Waals surface area contributed by atoms with Crippen molar-refractivity contribution in [3.63, 3.8) is 0 Å². The molecule has 1 heterocycles.